The molecule has 0 spiro atoms. The molecule has 1 N–H and O–H groups in total. The molecule has 28 heavy (non-hydrogen) atoms. The molecule has 1 aromatic heterocycles. The van der Waals surface area contributed by atoms with Crippen LogP contribution in [0.5, 0.6) is 5.75 Å². The van der Waals surface area contributed by atoms with E-state index in [2.05, 4.69) is 15.0 Å². The standard InChI is InChI=1S/C21H20N2O5/c1-26-18-11-15(20-23-17(13-28-20)21(25)27-2)8-9-16(18)12-22-19(24)10-14-6-4-3-5-7-14/h3-9,11,13H,10,12H2,1-2H3,(H,22,24). The van der Waals surface area contributed by atoms with Gasteiger partial charge in [-0.2, -0.15) is 0 Å². The van der Waals surface area contributed by atoms with Crippen molar-refractivity contribution >= 4 is 11.9 Å². The van der Waals surface area contributed by atoms with E-state index in [1.165, 1.54) is 13.4 Å². The highest BCUT2D eigenvalue weighted by molar-refractivity contribution is 5.87. The Balaban J connectivity index is 1.68. The van der Waals surface area contributed by atoms with Crippen molar-refractivity contribution in [2.24, 2.45) is 0 Å². The number of hydrogen-bond donors (Lipinski definition) is 1. The van der Waals surface area contributed by atoms with E-state index in [1.54, 1.807) is 19.2 Å². The summed E-state index contributed by atoms with van der Waals surface area (Å²) >= 11 is 0. The van der Waals surface area contributed by atoms with Gasteiger partial charge in [-0.25, -0.2) is 9.78 Å². The summed E-state index contributed by atoms with van der Waals surface area (Å²) in [6.07, 6.45) is 1.55. The van der Waals surface area contributed by atoms with Gasteiger partial charge in [0.1, 0.15) is 12.0 Å². The highest BCUT2D eigenvalue weighted by Crippen LogP contribution is 2.27. The summed E-state index contributed by atoms with van der Waals surface area (Å²) in [5.74, 6) is 0.209. The van der Waals surface area contributed by atoms with Crippen LogP contribution in [0.25, 0.3) is 11.5 Å². The van der Waals surface area contributed by atoms with Crippen molar-refractivity contribution < 1.29 is 23.5 Å². The lowest BCUT2D eigenvalue weighted by Gasteiger charge is -2.11. The van der Waals surface area contributed by atoms with Crippen LogP contribution in [0.3, 0.4) is 0 Å². The van der Waals surface area contributed by atoms with Crippen molar-refractivity contribution in [3.8, 4) is 17.2 Å². The molecule has 3 aromatic rings. The van der Waals surface area contributed by atoms with Crippen molar-refractivity contribution in [1.82, 2.24) is 10.3 Å². The fourth-order valence-electron chi connectivity index (χ4n) is 2.67. The van der Waals surface area contributed by atoms with E-state index in [4.69, 9.17) is 9.15 Å². The Bertz CT molecular complexity index is 966. The summed E-state index contributed by atoms with van der Waals surface area (Å²) in [5, 5.41) is 2.89. The Morgan fingerprint density at radius 1 is 1.11 bits per heavy atom. The van der Waals surface area contributed by atoms with Crippen molar-refractivity contribution in [3.05, 3.63) is 71.6 Å². The fourth-order valence-corrected chi connectivity index (χ4v) is 2.67. The Morgan fingerprint density at radius 3 is 2.61 bits per heavy atom. The van der Waals surface area contributed by atoms with Gasteiger partial charge in [0.25, 0.3) is 0 Å². The number of rotatable bonds is 7. The van der Waals surface area contributed by atoms with Gasteiger partial charge in [0.05, 0.1) is 20.6 Å². The Morgan fingerprint density at radius 2 is 1.89 bits per heavy atom. The zero-order valence-electron chi connectivity index (χ0n) is 15.6. The molecule has 7 heteroatoms. The van der Waals surface area contributed by atoms with E-state index in [-0.39, 0.29) is 17.5 Å². The number of nitrogens with zero attached hydrogens (tertiary/aromatic N) is 1. The third-order valence-corrected chi connectivity index (χ3v) is 4.12. The van der Waals surface area contributed by atoms with Crippen LogP contribution in [-0.4, -0.2) is 31.1 Å². The van der Waals surface area contributed by atoms with Gasteiger partial charge in [0.15, 0.2) is 5.69 Å². The molecule has 0 aliphatic carbocycles. The minimum Gasteiger partial charge on any atom is -0.496 e. The summed E-state index contributed by atoms with van der Waals surface area (Å²) < 4.78 is 15.4. The van der Waals surface area contributed by atoms with Crippen LogP contribution in [0, 0.1) is 0 Å². The number of benzene rings is 2. The van der Waals surface area contributed by atoms with E-state index >= 15 is 0 Å². The van der Waals surface area contributed by atoms with E-state index in [0.29, 0.717) is 24.3 Å². The first-order valence-corrected chi connectivity index (χ1v) is 8.62. The van der Waals surface area contributed by atoms with Crippen molar-refractivity contribution in [3.63, 3.8) is 0 Å². The van der Waals surface area contributed by atoms with E-state index in [1.807, 2.05) is 36.4 Å². The molecule has 0 aliphatic rings. The molecule has 0 radical (unpaired) electrons. The number of aromatic nitrogens is 1. The topological polar surface area (TPSA) is 90.7 Å². The van der Waals surface area contributed by atoms with Crippen LogP contribution in [0.15, 0.2) is 59.2 Å². The second kappa shape index (κ2) is 8.85. The van der Waals surface area contributed by atoms with Crippen LogP contribution in [-0.2, 0) is 22.5 Å². The zero-order valence-corrected chi connectivity index (χ0v) is 15.6. The summed E-state index contributed by atoms with van der Waals surface area (Å²) in [6, 6.07) is 14.9. The van der Waals surface area contributed by atoms with Gasteiger partial charge in [0.2, 0.25) is 11.8 Å². The minimum atomic E-state index is -0.570. The molecule has 1 heterocycles. The number of oxazole rings is 1. The van der Waals surface area contributed by atoms with Gasteiger partial charge in [-0.15, -0.1) is 0 Å². The van der Waals surface area contributed by atoms with Gasteiger partial charge >= 0.3 is 5.97 Å². The molecule has 0 saturated heterocycles. The van der Waals surface area contributed by atoms with E-state index in [0.717, 1.165) is 11.1 Å². The summed E-state index contributed by atoms with van der Waals surface area (Å²) in [4.78, 5) is 27.8. The average Bonchev–Trinajstić information content (AvgIpc) is 3.22. The fraction of sp³-hybridized carbons (Fsp3) is 0.190. The molecule has 0 fully saturated rings. The van der Waals surface area contributed by atoms with Gasteiger partial charge in [-0.05, 0) is 17.7 Å². The van der Waals surface area contributed by atoms with Crippen LogP contribution < -0.4 is 10.1 Å². The maximum atomic E-state index is 12.1. The first kappa shape index (κ1) is 19.2. The molecule has 0 aliphatic heterocycles. The lowest BCUT2D eigenvalue weighted by Crippen LogP contribution is -2.24. The van der Waals surface area contributed by atoms with E-state index < -0.39 is 5.97 Å². The third kappa shape index (κ3) is 4.56. The molecule has 0 atom stereocenters. The largest absolute Gasteiger partial charge is 0.496 e. The van der Waals surface area contributed by atoms with Crippen molar-refractivity contribution in [1.29, 1.82) is 0 Å². The lowest BCUT2D eigenvalue weighted by molar-refractivity contribution is -0.120. The van der Waals surface area contributed by atoms with Crippen LogP contribution in [0.1, 0.15) is 21.6 Å². The predicted molar refractivity (Wildman–Crippen MR) is 102 cm³/mol. The van der Waals surface area contributed by atoms with Gasteiger partial charge in [-0.3, -0.25) is 4.79 Å². The smallest absolute Gasteiger partial charge is 0.360 e. The molecular weight excluding hydrogens is 360 g/mol. The van der Waals surface area contributed by atoms with Gasteiger partial charge < -0.3 is 19.2 Å². The molecule has 1 amide bonds. The highest BCUT2D eigenvalue weighted by atomic mass is 16.5. The normalized spacial score (nSPS) is 10.4. The molecular formula is C21H20N2O5. The monoisotopic (exact) mass is 380 g/mol. The number of carbonyl (C=O) groups is 2. The van der Waals surface area contributed by atoms with Crippen molar-refractivity contribution in [2.75, 3.05) is 14.2 Å². The van der Waals surface area contributed by atoms with E-state index in [9.17, 15) is 9.59 Å². The zero-order chi connectivity index (χ0) is 19.9. The first-order valence-electron chi connectivity index (χ1n) is 8.62. The van der Waals surface area contributed by atoms with Gasteiger partial charge in [-0.1, -0.05) is 36.4 Å². The Hall–Kier alpha value is -3.61. The number of carbonyl (C=O) groups excluding carboxylic acids is 2. The van der Waals surface area contributed by atoms with Crippen LogP contribution >= 0.6 is 0 Å². The summed E-state index contributed by atoms with van der Waals surface area (Å²) in [7, 11) is 2.82. The number of esters is 1. The van der Waals surface area contributed by atoms with Gasteiger partial charge in [0, 0.05) is 17.7 Å². The second-order valence-electron chi connectivity index (χ2n) is 6.00. The number of ether oxygens (including phenoxy) is 2. The minimum absolute atomic E-state index is 0.0762. The molecule has 2 aromatic carbocycles. The predicted octanol–water partition coefficient (Wildman–Crippen LogP) is 3.00. The average molecular weight is 380 g/mol. The number of methoxy groups -OCH3 is 2. The van der Waals surface area contributed by atoms with Crippen LogP contribution in [0.4, 0.5) is 0 Å². The molecule has 0 unspecified atom stereocenters. The van der Waals surface area contributed by atoms with Crippen molar-refractivity contribution in [2.45, 2.75) is 13.0 Å². The highest BCUT2D eigenvalue weighted by Gasteiger charge is 2.15. The lowest BCUT2D eigenvalue weighted by atomic mass is 10.1. The maximum absolute atomic E-state index is 12.1. The Kier molecular flexibility index (Phi) is 6.06. The number of nitrogens with one attached hydrogen (secondary N) is 1. The SMILES string of the molecule is COC(=O)c1coc(-c2ccc(CNC(=O)Cc3ccccc3)c(OC)c2)n1. The molecule has 0 saturated carbocycles. The maximum Gasteiger partial charge on any atom is 0.360 e. The summed E-state index contributed by atoms with van der Waals surface area (Å²) in [5.41, 5.74) is 2.50. The number of hydrogen-bond acceptors (Lipinski definition) is 6. The molecule has 144 valence electrons. The quantitative estimate of drug-likeness (QED) is 0.634. The number of amides is 1. The molecule has 3 rings (SSSR count). The first-order chi connectivity index (χ1) is 13.6. The molecule has 0 bridgehead atoms. The second-order valence-corrected chi connectivity index (χ2v) is 6.00. The summed E-state index contributed by atoms with van der Waals surface area (Å²) in [6.45, 7) is 0.327. The van der Waals surface area contributed by atoms with Crippen LogP contribution in [0.2, 0.25) is 0 Å². The third-order valence-electron chi connectivity index (χ3n) is 4.12. The Labute approximate surface area is 162 Å². The molecule has 7 nitrogen and oxygen atoms in total.